The molecule has 1 aromatic heterocycles. The molecule has 1 N–H and O–H groups in total. The van der Waals surface area contributed by atoms with E-state index in [1.54, 1.807) is 16.9 Å². The summed E-state index contributed by atoms with van der Waals surface area (Å²) in [5, 5.41) is 7.31. The maximum Gasteiger partial charge on any atom is 0.259 e. The molecule has 6 nitrogen and oxygen atoms in total. The summed E-state index contributed by atoms with van der Waals surface area (Å²) in [5.41, 5.74) is 3.57. The van der Waals surface area contributed by atoms with Crippen LogP contribution in [0.1, 0.15) is 58.2 Å². The Morgan fingerprint density at radius 3 is 2.58 bits per heavy atom. The van der Waals surface area contributed by atoms with Crippen LogP contribution in [0.4, 0.5) is 5.69 Å². The third-order valence-electron chi connectivity index (χ3n) is 4.76. The highest BCUT2D eigenvalue weighted by atomic mass is 16.2. The minimum absolute atomic E-state index is 0.0696. The Labute approximate surface area is 154 Å². The molecule has 0 saturated carbocycles. The molecule has 0 unspecified atom stereocenters. The Balaban J connectivity index is 1.73. The zero-order chi connectivity index (χ0) is 18.7. The lowest BCUT2D eigenvalue weighted by atomic mass is 10.1. The number of rotatable bonds is 5. The van der Waals surface area contributed by atoms with Gasteiger partial charge < -0.3 is 10.2 Å². The van der Waals surface area contributed by atoms with E-state index in [0.29, 0.717) is 11.1 Å². The van der Waals surface area contributed by atoms with E-state index in [2.05, 4.69) is 17.3 Å². The lowest BCUT2D eigenvalue weighted by Gasteiger charge is -2.16. The molecule has 0 radical (unpaired) electrons. The second-order valence-electron chi connectivity index (χ2n) is 6.87. The predicted molar refractivity (Wildman–Crippen MR) is 102 cm³/mol. The number of benzene rings is 1. The second kappa shape index (κ2) is 7.72. The number of hydrogen-bond donors (Lipinski definition) is 1. The standard InChI is InChI=1S/C20H26N4O2/c1-4-9-24-13-17(15(3)22-24)19(25)21-18-8-7-16(12-14(18)2)20(26)23-10-5-6-11-23/h7-8,12-13H,4-6,9-11H2,1-3H3,(H,21,25). The molecule has 0 atom stereocenters. The number of hydrogen-bond acceptors (Lipinski definition) is 3. The number of amides is 2. The van der Waals surface area contributed by atoms with Crippen molar-refractivity contribution in [3.8, 4) is 0 Å². The van der Waals surface area contributed by atoms with Gasteiger partial charge in [-0.25, -0.2) is 0 Å². The van der Waals surface area contributed by atoms with E-state index in [4.69, 9.17) is 0 Å². The first-order chi connectivity index (χ1) is 12.5. The van der Waals surface area contributed by atoms with Gasteiger partial charge in [0.25, 0.3) is 11.8 Å². The quantitative estimate of drug-likeness (QED) is 0.895. The number of aryl methyl sites for hydroxylation is 3. The van der Waals surface area contributed by atoms with Crippen LogP contribution in [0.2, 0.25) is 0 Å². The largest absolute Gasteiger partial charge is 0.339 e. The summed E-state index contributed by atoms with van der Waals surface area (Å²) in [6.07, 6.45) is 4.90. The molecular weight excluding hydrogens is 328 g/mol. The number of carbonyl (C=O) groups excluding carboxylic acids is 2. The number of anilines is 1. The van der Waals surface area contributed by atoms with E-state index in [9.17, 15) is 9.59 Å². The molecule has 0 bridgehead atoms. The molecule has 26 heavy (non-hydrogen) atoms. The Kier molecular flexibility index (Phi) is 5.40. The van der Waals surface area contributed by atoms with Crippen molar-refractivity contribution in [2.24, 2.45) is 0 Å². The van der Waals surface area contributed by atoms with Crippen molar-refractivity contribution in [1.29, 1.82) is 0 Å². The van der Waals surface area contributed by atoms with E-state index in [1.807, 2.05) is 30.9 Å². The molecule has 2 aromatic rings. The van der Waals surface area contributed by atoms with E-state index in [-0.39, 0.29) is 11.8 Å². The maximum atomic E-state index is 12.6. The van der Waals surface area contributed by atoms with Crippen LogP contribution in [0.15, 0.2) is 24.4 Å². The Hall–Kier alpha value is -2.63. The van der Waals surface area contributed by atoms with Crippen LogP contribution in [0.25, 0.3) is 0 Å². The fourth-order valence-corrected chi connectivity index (χ4v) is 3.31. The van der Waals surface area contributed by atoms with Crippen molar-refractivity contribution in [2.75, 3.05) is 18.4 Å². The van der Waals surface area contributed by atoms with Crippen molar-refractivity contribution in [3.63, 3.8) is 0 Å². The summed E-state index contributed by atoms with van der Waals surface area (Å²) >= 11 is 0. The number of nitrogens with zero attached hydrogens (tertiary/aromatic N) is 3. The summed E-state index contributed by atoms with van der Waals surface area (Å²) < 4.78 is 1.80. The van der Waals surface area contributed by atoms with Crippen LogP contribution in [0.5, 0.6) is 0 Å². The van der Waals surface area contributed by atoms with Crippen LogP contribution in [-0.4, -0.2) is 39.6 Å². The molecule has 3 rings (SSSR count). The van der Waals surface area contributed by atoms with Gasteiger partial charge >= 0.3 is 0 Å². The van der Waals surface area contributed by atoms with Gasteiger partial charge in [0, 0.05) is 37.1 Å². The molecule has 1 aliphatic heterocycles. The fraction of sp³-hybridized carbons (Fsp3) is 0.450. The smallest absolute Gasteiger partial charge is 0.259 e. The maximum absolute atomic E-state index is 12.6. The minimum Gasteiger partial charge on any atom is -0.339 e. The van der Waals surface area contributed by atoms with Crippen LogP contribution < -0.4 is 5.32 Å². The second-order valence-corrected chi connectivity index (χ2v) is 6.87. The molecule has 1 fully saturated rings. The summed E-state index contributed by atoms with van der Waals surface area (Å²) in [6.45, 7) is 8.27. The molecule has 1 aliphatic rings. The van der Waals surface area contributed by atoms with Crippen LogP contribution >= 0.6 is 0 Å². The van der Waals surface area contributed by atoms with Crippen molar-refractivity contribution >= 4 is 17.5 Å². The van der Waals surface area contributed by atoms with Gasteiger partial charge in [-0.15, -0.1) is 0 Å². The Morgan fingerprint density at radius 2 is 1.92 bits per heavy atom. The van der Waals surface area contributed by atoms with Gasteiger partial charge in [0.05, 0.1) is 11.3 Å². The summed E-state index contributed by atoms with van der Waals surface area (Å²) in [4.78, 5) is 27.0. The first-order valence-corrected chi connectivity index (χ1v) is 9.25. The average Bonchev–Trinajstić information content (AvgIpc) is 3.26. The SMILES string of the molecule is CCCn1cc(C(=O)Nc2ccc(C(=O)N3CCCC3)cc2C)c(C)n1. The van der Waals surface area contributed by atoms with E-state index in [0.717, 1.165) is 55.8 Å². The lowest BCUT2D eigenvalue weighted by molar-refractivity contribution is 0.0792. The molecule has 0 spiro atoms. The normalized spacial score (nSPS) is 13.9. The first-order valence-electron chi connectivity index (χ1n) is 9.25. The van der Waals surface area contributed by atoms with Gasteiger partial charge in [-0.3, -0.25) is 14.3 Å². The van der Waals surface area contributed by atoms with Gasteiger partial charge in [-0.2, -0.15) is 5.10 Å². The molecule has 2 heterocycles. The highest BCUT2D eigenvalue weighted by molar-refractivity contribution is 6.05. The summed E-state index contributed by atoms with van der Waals surface area (Å²) in [7, 11) is 0. The molecule has 0 aliphatic carbocycles. The first kappa shape index (κ1) is 18.2. The molecule has 2 amide bonds. The van der Waals surface area contributed by atoms with Gasteiger partial charge in [-0.05, 0) is 56.9 Å². The third-order valence-corrected chi connectivity index (χ3v) is 4.76. The molecule has 6 heteroatoms. The zero-order valence-corrected chi connectivity index (χ0v) is 15.7. The third kappa shape index (κ3) is 3.79. The van der Waals surface area contributed by atoms with Crippen molar-refractivity contribution in [1.82, 2.24) is 14.7 Å². The number of nitrogens with one attached hydrogen (secondary N) is 1. The average molecular weight is 354 g/mol. The number of aromatic nitrogens is 2. The monoisotopic (exact) mass is 354 g/mol. The van der Waals surface area contributed by atoms with E-state index in [1.165, 1.54) is 0 Å². The van der Waals surface area contributed by atoms with Crippen molar-refractivity contribution < 1.29 is 9.59 Å². The summed E-state index contributed by atoms with van der Waals surface area (Å²) in [6, 6.07) is 5.45. The van der Waals surface area contributed by atoms with Crippen LogP contribution in [0.3, 0.4) is 0 Å². The van der Waals surface area contributed by atoms with Gasteiger partial charge in [-0.1, -0.05) is 6.92 Å². The van der Waals surface area contributed by atoms with Crippen molar-refractivity contribution in [3.05, 3.63) is 46.8 Å². The lowest BCUT2D eigenvalue weighted by Crippen LogP contribution is -2.27. The zero-order valence-electron chi connectivity index (χ0n) is 15.7. The van der Waals surface area contributed by atoms with Crippen LogP contribution in [0, 0.1) is 13.8 Å². The van der Waals surface area contributed by atoms with E-state index < -0.39 is 0 Å². The number of likely N-dealkylation sites (tertiary alicyclic amines) is 1. The molecule has 1 saturated heterocycles. The predicted octanol–water partition coefficient (Wildman–Crippen LogP) is 3.40. The molecule has 138 valence electrons. The Morgan fingerprint density at radius 1 is 1.19 bits per heavy atom. The van der Waals surface area contributed by atoms with Crippen LogP contribution in [-0.2, 0) is 6.54 Å². The van der Waals surface area contributed by atoms with E-state index >= 15 is 0 Å². The minimum atomic E-state index is -0.174. The highest BCUT2D eigenvalue weighted by Gasteiger charge is 2.20. The summed E-state index contributed by atoms with van der Waals surface area (Å²) in [5.74, 6) is -0.105. The van der Waals surface area contributed by atoms with Gasteiger partial charge in [0.2, 0.25) is 0 Å². The van der Waals surface area contributed by atoms with Crippen molar-refractivity contribution in [2.45, 2.75) is 46.6 Å². The molecule has 1 aromatic carbocycles. The Bertz CT molecular complexity index is 819. The number of carbonyl (C=O) groups is 2. The topological polar surface area (TPSA) is 67.2 Å². The fourth-order valence-electron chi connectivity index (χ4n) is 3.31. The highest BCUT2D eigenvalue weighted by Crippen LogP contribution is 2.21. The van der Waals surface area contributed by atoms with Gasteiger partial charge in [0.15, 0.2) is 0 Å². The molecular formula is C20H26N4O2. The van der Waals surface area contributed by atoms with Gasteiger partial charge in [0.1, 0.15) is 0 Å².